The Morgan fingerprint density at radius 1 is 1.24 bits per heavy atom. The van der Waals surface area contributed by atoms with Gasteiger partial charge in [-0.15, -0.1) is 5.10 Å². The van der Waals surface area contributed by atoms with Gasteiger partial charge in [0.15, 0.2) is 0 Å². The van der Waals surface area contributed by atoms with Crippen molar-refractivity contribution >= 4 is 21.9 Å². The van der Waals surface area contributed by atoms with Gasteiger partial charge in [-0.1, -0.05) is 36.7 Å². The van der Waals surface area contributed by atoms with Crippen molar-refractivity contribution in [2.75, 3.05) is 0 Å². The van der Waals surface area contributed by atoms with Gasteiger partial charge >= 0.3 is 5.97 Å². The predicted molar refractivity (Wildman–Crippen MR) is 84.2 cm³/mol. The molecular weight excluding hydrogens is 334 g/mol. The number of aromatic nitrogens is 3. The number of carboxylic acid groups (broad SMARTS) is 1. The molecular formula is C15H18BrN3O2. The third kappa shape index (κ3) is 3.00. The van der Waals surface area contributed by atoms with Crippen LogP contribution in [0.25, 0.3) is 5.69 Å². The molecule has 2 aromatic rings. The molecule has 0 atom stereocenters. The van der Waals surface area contributed by atoms with Crippen LogP contribution in [0.15, 0.2) is 16.6 Å². The fourth-order valence-electron chi connectivity index (χ4n) is 2.11. The minimum atomic E-state index is -1.12. The number of halogens is 1. The van der Waals surface area contributed by atoms with Crippen molar-refractivity contribution in [3.63, 3.8) is 0 Å². The second-order valence-corrected chi connectivity index (χ2v) is 6.91. The van der Waals surface area contributed by atoms with Gasteiger partial charge in [0, 0.05) is 9.89 Å². The topological polar surface area (TPSA) is 68.0 Å². The summed E-state index contributed by atoms with van der Waals surface area (Å²) < 4.78 is 2.66. The highest BCUT2D eigenvalue weighted by molar-refractivity contribution is 9.10. The van der Waals surface area contributed by atoms with Gasteiger partial charge in [0.2, 0.25) is 0 Å². The summed E-state index contributed by atoms with van der Waals surface area (Å²) in [7, 11) is 0. The standard InChI is InChI=1S/C15H18BrN3O2/c1-8-6-10(7-9(2)11(8)16)19-14(15(3,4)5)17-12(18-19)13(20)21/h6-7H,1-5H3,(H,20,21). The summed E-state index contributed by atoms with van der Waals surface area (Å²) in [5.74, 6) is -0.677. The van der Waals surface area contributed by atoms with Gasteiger partial charge in [-0.25, -0.2) is 14.5 Å². The quantitative estimate of drug-likeness (QED) is 0.896. The molecule has 0 saturated carbocycles. The SMILES string of the molecule is Cc1cc(-n2nc(C(=O)O)nc2C(C)(C)C)cc(C)c1Br. The van der Waals surface area contributed by atoms with E-state index in [0.29, 0.717) is 5.82 Å². The molecule has 5 nitrogen and oxygen atoms in total. The molecule has 2 rings (SSSR count). The van der Waals surface area contributed by atoms with Crippen LogP contribution in [-0.2, 0) is 5.41 Å². The third-order valence-corrected chi connectivity index (χ3v) is 4.39. The highest BCUT2D eigenvalue weighted by atomic mass is 79.9. The lowest BCUT2D eigenvalue weighted by atomic mass is 9.95. The van der Waals surface area contributed by atoms with E-state index >= 15 is 0 Å². The molecule has 0 bridgehead atoms. The zero-order chi connectivity index (χ0) is 15.9. The molecule has 0 saturated heterocycles. The molecule has 21 heavy (non-hydrogen) atoms. The molecule has 0 spiro atoms. The molecule has 0 radical (unpaired) electrons. The molecule has 0 fully saturated rings. The minimum absolute atomic E-state index is 0.182. The number of nitrogens with zero attached hydrogens (tertiary/aromatic N) is 3. The van der Waals surface area contributed by atoms with E-state index in [1.54, 1.807) is 4.68 Å². The van der Waals surface area contributed by atoms with Crippen molar-refractivity contribution in [3.8, 4) is 5.69 Å². The largest absolute Gasteiger partial charge is 0.475 e. The van der Waals surface area contributed by atoms with Gasteiger partial charge in [0.05, 0.1) is 5.69 Å². The first-order valence-corrected chi connectivity index (χ1v) is 7.38. The van der Waals surface area contributed by atoms with Gasteiger partial charge in [0.1, 0.15) is 5.82 Å². The van der Waals surface area contributed by atoms with Gasteiger partial charge in [-0.2, -0.15) is 0 Å². The van der Waals surface area contributed by atoms with Crippen molar-refractivity contribution in [3.05, 3.63) is 39.4 Å². The van der Waals surface area contributed by atoms with E-state index in [2.05, 4.69) is 26.0 Å². The monoisotopic (exact) mass is 351 g/mol. The summed E-state index contributed by atoms with van der Waals surface area (Å²) in [5, 5.41) is 13.3. The lowest BCUT2D eigenvalue weighted by molar-refractivity contribution is 0.0683. The Labute approximate surface area is 132 Å². The Kier molecular flexibility index (Phi) is 3.93. The maximum absolute atomic E-state index is 11.2. The van der Waals surface area contributed by atoms with Crippen LogP contribution >= 0.6 is 15.9 Å². The minimum Gasteiger partial charge on any atom is -0.475 e. The molecule has 0 aliphatic heterocycles. The van der Waals surface area contributed by atoms with Crippen LogP contribution in [0.2, 0.25) is 0 Å². The molecule has 0 aliphatic carbocycles. The second-order valence-electron chi connectivity index (χ2n) is 6.12. The number of aryl methyl sites for hydroxylation is 2. The van der Waals surface area contributed by atoms with Crippen molar-refractivity contribution < 1.29 is 9.90 Å². The zero-order valence-electron chi connectivity index (χ0n) is 12.7. The molecule has 0 aliphatic rings. The Morgan fingerprint density at radius 3 is 2.19 bits per heavy atom. The molecule has 1 aromatic carbocycles. The highest BCUT2D eigenvalue weighted by Crippen LogP contribution is 2.28. The van der Waals surface area contributed by atoms with Gasteiger partial charge in [-0.3, -0.25) is 0 Å². The van der Waals surface area contributed by atoms with Crippen LogP contribution in [0.3, 0.4) is 0 Å². The fraction of sp³-hybridized carbons (Fsp3) is 0.400. The van der Waals surface area contributed by atoms with Crippen LogP contribution in [0.1, 0.15) is 48.3 Å². The van der Waals surface area contributed by atoms with Crippen LogP contribution in [-0.4, -0.2) is 25.8 Å². The number of hydrogen-bond acceptors (Lipinski definition) is 3. The number of carbonyl (C=O) groups is 1. The highest BCUT2D eigenvalue weighted by Gasteiger charge is 2.26. The van der Waals surface area contributed by atoms with Gasteiger partial charge in [-0.05, 0) is 37.1 Å². The summed E-state index contributed by atoms with van der Waals surface area (Å²) >= 11 is 3.53. The maximum atomic E-state index is 11.2. The van der Waals surface area contributed by atoms with Gasteiger partial charge < -0.3 is 5.11 Å². The normalized spacial score (nSPS) is 11.7. The number of hydrogen-bond donors (Lipinski definition) is 1. The van der Waals surface area contributed by atoms with Crippen LogP contribution in [0, 0.1) is 13.8 Å². The first kappa shape index (κ1) is 15.7. The number of carboxylic acids is 1. The summed E-state index contributed by atoms with van der Waals surface area (Å²) in [4.78, 5) is 15.3. The Bertz CT molecular complexity index is 691. The van der Waals surface area contributed by atoms with Crippen molar-refractivity contribution in [1.29, 1.82) is 0 Å². The van der Waals surface area contributed by atoms with Gasteiger partial charge in [0.25, 0.3) is 5.82 Å². The lowest BCUT2D eigenvalue weighted by Gasteiger charge is -2.19. The first-order chi connectivity index (χ1) is 9.61. The van der Waals surface area contributed by atoms with Crippen molar-refractivity contribution in [2.24, 2.45) is 0 Å². The molecule has 1 N–H and O–H groups in total. The average molecular weight is 352 g/mol. The van der Waals surface area contributed by atoms with Crippen molar-refractivity contribution in [1.82, 2.24) is 14.8 Å². The Morgan fingerprint density at radius 2 is 1.76 bits per heavy atom. The Hall–Kier alpha value is -1.69. The van der Waals surface area contributed by atoms with E-state index in [9.17, 15) is 4.79 Å². The molecule has 1 heterocycles. The summed E-state index contributed by atoms with van der Waals surface area (Å²) in [5.41, 5.74) is 2.64. The third-order valence-electron chi connectivity index (χ3n) is 3.14. The van der Waals surface area contributed by atoms with E-state index in [1.165, 1.54) is 0 Å². The Balaban J connectivity index is 2.71. The number of aromatic carboxylic acids is 1. The average Bonchev–Trinajstić information content (AvgIpc) is 2.80. The molecule has 112 valence electrons. The molecule has 0 amide bonds. The second kappa shape index (κ2) is 5.26. The molecule has 1 aromatic heterocycles. The summed E-state index contributed by atoms with van der Waals surface area (Å²) in [6.07, 6.45) is 0. The van der Waals surface area contributed by atoms with E-state index in [0.717, 1.165) is 21.3 Å². The molecule has 0 unspecified atom stereocenters. The smallest absolute Gasteiger partial charge is 0.375 e. The van der Waals surface area contributed by atoms with Crippen LogP contribution < -0.4 is 0 Å². The van der Waals surface area contributed by atoms with E-state index in [1.807, 2.05) is 46.8 Å². The predicted octanol–water partition coefficient (Wildman–Crippen LogP) is 3.64. The van der Waals surface area contributed by atoms with Crippen molar-refractivity contribution in [2.45, 2.75) is 40.0 Å². The number of benzene rings is 1. The van der Waals surface area contributed by atoms with E-state index in [4.69, 9.17) is 5.11 Å². The lowest BCUT2D eigenvalue weighted by Crippen LogP contribution is -2.19. The molecule has 6 heteroatoms. The fourth-order valence-corrected chi connectivity index (χ4v) is 2.34. The summed E-state index contributed by atoms with van der Waals surface area (Å²) in [6, 6.07) is 3.93. The number of rotatable bonds is 2. The van der Waals surface area contributed by atoms with E-state index < -0.39 is 5.97 Å². The summed E-state index contributed by atoms with van der Waals surface area (Å²) in [6.45, 7) is 9.94. The first-order valence-electron chi connectivity index (χ1n) is 6.59. The zero-order valence-corrected chi connectivity index (χ0v) is 14.3. The van der Waals surface area contributed by atoms with Crippen LogP contribution in [0.4, 0.5) is 0 Å². The van der Waals surface area contributed by atoms with Crippen LogP contribution in [0.5, 0.6) is 0 Å². The maximum Gasteiger partial charge on any atom is 0.375 e. The van der Waals surface area contributed by atoms with E-state index in [-0.39, 0.29) is 11.2 Å².